The van der Waals surface area contributed by atoms with Gasteiger partial charge < -0.3 is 14.9 Å². The van der Waals surface area contributed by atoms with Crippen molar-refractivity contribution in [1.29, 1.82) is 0 Å². The summed E-state index contributed by atoms with van der Waals surface area (Å²) in [5.74, 6) is -0.155. The first-order valence-electron chi connectivity index (χ1n) is 7.06. The number of aromatic nitrogens is 4. The van der Waals surface area contributed by atoms with Crippen LogP contribution in [0, 0.1) is 6.92 Å². The number of thiazole rings is 1. The number of carbonyl (C=O) groups excluding carboxylic acids is 1. The number of benzene rings is 1. The molecule has 3 heterocycles. The smallest absolute Gasteiger partial charge is 0.267 e. The van der Waals surface area contributed by atoms with E-state index in [1.54, 1.807) is 6.33 Å². The van der Waals surface area contributed by atoms with E-state index in [-0.39, 0.29) is 5.91 Å². The molecule has 1 amide bonds. The van der Waals surface area contributed by atoms with Crippen molar-refractivity contribution in [3.05, 3.63) is 59.6 Å². The van der Waals surface area contributed by atoms with E-state index in [9.17, 15) is 4.79 Å². The monoisotopic (exact) mass is 323 g/mol. The number of nitrogens with one attached hydrogen (secondary N) is 2. The molecule has 0 unspecified atom stereocenters. The Labute approximate surface area is 135 Å². The summed E-state index contributed by atoms with van der Waals surface area (Å²) in [6, 6.07) is 9.42. The molecule has 0 saturated carbocycles. The second-order valence-electron chi connectivity index (χ2n) is 5.09. The third-order valence-electron chi connectivity index (χ3n) is 3.49. The van der Waals surface area contributed by atoms with Crippen molar-refractivity contribution < 1.29 is 4.79 Å². The summed E-state index contributed by atoms with van der Waals surface area (Å²) in [7, 11) is 0. The number of hydrogen-bond acceptors (Lipinski definition) is 4. The van der Waals surface area contributed by atoms with Gasteiger partial charge in [-0.2, -0.15) is 0 Å². The Morgan fingerprint density at radius 2 is 2.13 bits per heavy atom. The predicted molar refractivity (Wildman–Crippen MR) is 90.2 cm³/mol. The van der Waals surface area contributed by atoms with Gasteiger partial charge in [0, 0.05) is 18.1 Å². The van der Waals surface area contributed by atoms with Gasteiger partial charge >= 0.3 is 0 Å². The number of imidazole rings is 1. The van der Waals surface area contributed by atoms with Crippen molar-refractivity contribution >= 4 is 34.0 Å². The van der Waals surface area contributed by atoms with Crippen LogP contribution in [0.2, 0.25) is 0 Å². The van der Waals surface area contributed by atoms with Gasteiger partial charge in [0.25, 0.3) is 5.91 Å². The minimum Gasteiger partial charge on any atom is -0.345 e. The number of aromatic amines is 1. The molecule has 23 heavy (non-hydrogen) atoms. The average Bonchev–Trinajstić information content (AvgIpc) is 3.26. The lowest BCUT2D eigenvalue weighted by Gasteiger charge is -2.03. The van der Waals surface area contributed by atoms with Crippen molar-refractivity contribution in [1.82, 2.24) is 19.5 Å². The average molecular weight is 323 g/mol. The molecule has 0 spiro atoms. The fourth-order valence-corrected chi connectivity index (χ4v) is 3.30. The molecule has 2 N–H and O–H groups in total. The maximum Gasteiger partial charge on any atom is 0.267 e. The molecule has 0 bridgehead atoms. The van der Waals surface area contributed by atoms with Crippen molar-refractivity contribution in [2.45, 2.75) is 6.92 Å². The third kappa shape index (κ3) is 2.51. The predicted octanol–water partition coefficient (Wildman–Crippen LogP) is 3.37. The fraction of sp³-hybridized carbons (Fsp3) is 0.0625. The molecular weight excluding hydrogens is 310 g/mol. The van der Waals surface area contributed by atoms with Crippen molar-refractivity contribution in [3.8, 4) is 5.13 Å². The highest BCUT2D eigenvalue weighted by Gasteiger charge is 2.16. The SMILES string of the molecule is Cc1nc(-n2cccc2)sc1C(=O)Nc1ccc2nc[nH]c2c1. The third-order valence-corrected chi connectivity index (χ3v) is 4.66. The maximum atomic E-state index is 12.5. The quantitative estimate of drug-likeness (QED) is 0.607. The van der Waals surface area contributed by atoms with E-state index in [0.717, 1.165) is 27.5 Å². The second-order valence-corrected chi connectivity index (χ2v) is 6.07. The van der Waals surface area contributed by atoms with Crippen molar-refractivity contribution in [2.24, 2.45) is 0 Å². The van der Waals surface area contributed by atoms with Crippen LogP contribution in [0.25, 0.3) is 16.2 Å². The van der Waals surface area contributed by atoms with Crippen LogP contribution in [-0.2, 0) is 0 Å². The first kappa shape index (κ1) is 13.7. The van der Waals surface area contributed by atoms with Crippen LogP contribution >= 0.6 is 11.3 Å². The lowest BCUT2D eigenvalue weighted by molar-refractivity contribution is 0.103. The molecule has 7 heteroatoms. The first-order chi connectivity index (χ1) is 11.2. The van der Waals surface area contributed by atoms with E-state index in [0.29, 0.717) is 4.88 Å². The molecule has 0 aliphatic carbocycles. The van der Waals surface area contributed by atoms with Crippen LogP contribution in [-0.4, -0.2) is 25.4 Å². The second kappa shape index (κ2) is 5.36. The van der Waals surface area contributed by atoms with Gasteiger partial charge in [-0.25, -0.2) is 9.97 Å². The normalized spacial score (nSPS) is 11.0. The first-order valence-corrected chi connectivity index (χ1v) is 7.87. The summed E-state index contributed by atoms with van der Waals surface area (Å²) in [4.78, 5) is 24.8. The molecule has 3 aromatic heterocycles. The van der Waals surface area contributed by atoms with Gasteiger partial charge in [-0.05, 0) is 37.3 Å². The van der Waals surface area contributed by atoms with Crippen LogP contribution in [0.5, 0.6) is 0 Å². The van der Waals surface area contributed by atoms with Gasteiger partial charge in [0.15, 0.2) is 5.13 Å². The summed E-state index contributed by atoms with van der Waals surface area (Å²) in [5.41, 5.74) is 3.20. The van der Waals surface area contributed by atoms with E-state index in [4.69, 9.17) is 0 Å². The van der Waals surface area contributed by atoms with Gasteiger partial charge in [-0.15, -0.1) is 0 Å². The molecule has 4 rings (SSSR count). The maximum absolute atomic E-state index is 12.5. The van der Waals surface area contributed by atoms with Crippen LogP contribution in [0.3, 0.4) is 0 Å². The molecule has 6 nitrogen and oxygen atoms in total. The van der Waals surface area contributed by atoms with E-state index in [1.165, 1.54) is 11.3 Å². The number of H-pyrrole nitrogens is 1. The highest BCUT2D eigenvalue weighted by molar-refractivity contribution is 7.16. The standard InChI is InChI=1S/C16H13N5OS/c1-10-14(23-16(19-10)21-6-2-3-7-21)15(22)20-11-4-5-12-13(8-11)18-9-17-12/h2-9H,1H3,(H,17,18)(H,20,22). The Morgan fingerprint density at radius 1 is 1.30 bits per heavy atom. The molecular formula is C16H13N5OS. The fourth-order valence-electron chi connectivity index (χ4n) is 2.37. The zero-order valence-electron chi connectivity index (χ0n) is 12.3. The Bertz CT molecular complexity index is 983. The van der Waals surface area contributed by atoms with Gasteiger partial charge in [0.2, 0.25) is 0 Å². The Hall–Kier alpha value is -2.93. The number of carbonyl (C=O) groups is 1. The van der Waals surface area contributed by atoms with Crippen LogP contribution < -0.4 is 5.32 Å². The number of amides is 1. The van der Waals surface area contributed by atoms with E-state index >= 15 is 0 Å². The van der Waals surface area contributed by atoms with Crippen LogP contribution in [0.4, 0.5) is 5.69 Å². The minimum atomic E-state index is -0.155. The molecule has 0 saturated heterocycles. The molecule has 114 valence electrons. The lowest BCUT2D eigenvalue weighted by atomic mass is 10.2. The largest absolute Gasteiger partial charge is 0.345 e. The number of anilines is 1. The molecule has 0 aliphatic heterocycles. The summed E-state index contributed by atoms with van der Waals surface area (Å²) in [5, 5.41) is 3.69. The molecule has 1 aromatic carbocycles. The van der Waals surface area contributed by atoms with Gasteiger partial charge in [0.1, 0.15) is 4.88 Å². The Kier molecular flexibility index (Phi) is 3.20. The van der Waals surface area contributed by atoms with Crippen molar-refractivity contribution in [2.75, 3.05) is 5.32 Å². The molecule has 0 aliphatic rings. The highest BCUT2D eigenvalue weighted by atomic mass is 32.1. The van der Waals surface area contributed by atoms with Crippen LogP contribution in [0.15, 0.2) is 49.1 Å². The minimum absolute atomic E-state index is 0.155. The van der Waals surface area contributed by atoms with E-state index < -0.39 is 0 Å². The van der Waals surface area contributed by atoms with Crippen molar-refractivity contribution in [3.63, 3.8) is 0 Å². The van der Waals surface area contributed by atoms with Gasteiger partial charge in [-0.1, -0.05) is 11.3 Å². The van der Waals surface area contributed by atoms with Gasteiger partial charge in [-0.3, -0.25) is 4.79 Å². The van der Waals surface area contributed by atoms with E-state index in [1.807, 2.05) is 54.2 Å². The zero-order valence-corrected chi connectivity index (χ0v) is 13.1. The summed E-state index contributed by atoms with van der Waals surface area (Å²) >= 11 is 1.37. The van der Waals surface area contributed by atoms with E-state index in [2.05, 4.69) is 20.3 Å². The molecule has 0 fully saturated rings. The summed E-state index contributed by atoms with van der Waals surface area (Å²) in [6.45, 7) is 1.84. The lowest BCUT2D eigenvalue weighted by Crippen LogP contribution is -2.11. The highest BCUT2D eigenvalue weighted by Crippen LogP contribution is 2.23. The number of aryl methyl sites for hydroxylation is 1. The number of hydrogen-bond donors (Lipinski definition) is 2. The zero-order chi connectivity index (χ0) is 15.8. The molecule has 0 atom stereocenters. The number of fused-ring (bicyclic) bond motifs is 1. The van der Waals surface area contributed by atoms with Crippen LogP contribution in [0.1, 0.15) is 15.4 Å². The Morgan fingerprint density at radius 3 is 2.96 bits per heavy atom. The number of rotatable bonds is 3. The number of nitrogens with zero attached hydrogens (tertiary/aromatic N) is 3. The Balaban J connectivity index is 1.61. The molecule has 0 radical (unpaired) electrons. The summed E-state index contributed by atoms with van der Waals surface area (Å²) in [6.07, 6.45) is 5.45. The van der Waals surface area contributed by atoms with Gasteiger partial charge in [0.05, 0.1) is 23.1 Å². The summed E-state index contributed by atoms with van der Waals surface area (Å²) < 4.78 is 1.89. The topological polar surface area (TPSA) is 75.6 Å². The molecule has 4 aromatic rings.